The van der Waals surface area contributed by atoms with Crippen LogP contribution < -0.4 is 9.47 Å². The molecule has 9 heteroatoms. The van der Waals surface area contributed by atoms with Crippen LogP contribution in [0.15, 0.2) is 42.7 Å². The number of non-ortho nitro benzene ring substituents is 1. The summed E-state index contributed by atoms with van der Waals surface area (Å²) in [7, 11) is 1.50. The highest BCUT2D eigenvalue weighted by Crippen LogP contribution is 2.24. The zero-order valence-electron chi connectivity index (χ0n) is 15.4. The lowest BCUT2D eigenvalue weighted by molar-refractivity contribution is -0.384. The fraction of sp³-hybridized carbons (Fsp3) is 0.316. The Bertz CT molecular complexity index is 869. The average molecular weight is 384 g/mol. The number of hydrogen-bond donors (Lipinski definition) is 0. The third-order valence-corrected chi connectivity index (χ3v) is 4.32. The van der Waals surface area contributed by atoms with Crippen LogP contribution in [0.4, 0.5) is 5.69 Å². The Morgan fingerprint density at radius 1 is 1.25 bits per heavy atom. The first-order chi connectivity index (χ1) is 13.6. The van der Waals surface area contributed by atoms with Crippen LogP contribution in [0.5, 0.6) is 11.8 Å². The van der Waals surface area contributed by atoms with Gasteiger partial charge in [-0.15, -0.1) is 0 Å². The van der Waals surface area contributed by atoms with Crippen LogP contribution in [-0.4, -0.2) is 52.0 Å². The van der Waals surface area contributed by atoms with Crippen molar-refractivity contribution in [1.82, 2.24) is 14.9 Å². The summed E-state index contributed by atoms with van der Waals surface area (Å²) in [4.78, 5) is 32.6. The second-order valence-corrected chi connectivity index (χ2v) is 6.22. The molecule has 1 atom stereocenters. The number of methoxy groups -OCH3 is 1. The number of hydrogen-bond acceptors (Lipinski definition) is 7. The van der Waals surface area contributed by atoms with Gasteiger partial charge in [0.1, 0.15) is 6.10 Å². The lowest BCUT2D eigenvalue weighted by Crippen LogP contribution is -2.43. The lowest BCUT2D eigenvalue weighted by Gasteiger charge is -2.32. The molecule has 0 N–H and O–H groups in total. The molecule has 1 amide bonds. The topological polar surface area (TPSA) is 108 Å². The third kappa shape index (κ3) is 4.81. The molecule has 1 aromatic carbocycles. The van der Waals surface area contributed by atoms with E-state index in [0.29, 0.717) is 30.4 Å². The lowest BCUT2D eigenvalue weighted by atomic mass is 10.1. The van der Waals surface area contributed by atoms with Crippen LogP contribution in [0.25, 0.3) is 6.08 Å². The van der Waals surface area contributed by atoms with Crippen molar-refractivity contribution in [1.29, 1.82) is 0 Å². The predicted molar refractivity (Wildman–Crippen MR) is 101 cm³/mol. The first-order valence-electron chi connectivity index (χ1n) is 8.80. The predicted octanol–water partition coefficient (Wildman–Crippen LogP) is 2.48. The molecule has 3 rings (SSSR count). The van der Waals surface area contributed by atoms with E-state index >= 15 is 0 Å². The number of nitro benzene ring substituents is 1. The fourth-order valence-electron chi connectivity index (χ4n) is 2.91. The van der Waals surface area contributed by atoms with Crippen molar-refractivity contribution in [3.05, 3.63) is 58.4 Å². The first-order valence-corrected chi connectivity index (χ1v) is 8.80. The highest BCUT2D eigenvalue weighted by Gasteiger charge is 2.25. The van der Waals surface area contributed by atoms with Gasteiger partial charge in [-0.3, -0.25) is 14.9 Å². The van der Waals surface area contributed by atoms with Crippen LogP contribution in [0, 0.1) is 10.1 Å². The van der Waals surface area contributed by atoms with Gasteiger partial charge in [-0.2, -0.15) is 0 Å². The molecule has 0 saturated carbocycles. The minimum absolute atomic E-state index is 0.0129. The molecular weight excluding hydrogens is 364 g/mol. The Kier molecular flexibility index (Phi) is 6.15. The number of amides is 1. The molecule has 0 aliphatic carbocycles. The highest BCUT2D eigenvalue weighted by atomic mass is 16.6. The Hall–Kier alpha value is -3.49. The van der Waals surface area contributed by atoms with E-state index in [9.17, 15) is 14.9 Å². The number of ether oxygens (including phenoxy) is 2. The van der Waals surface area contributed by atoms with E-state index in [-0.39, 0.29) is 17.7 Å². The zero-order valence-corrected chi connectivity index (χ0v) is 15.4. The average Bonchev–Trinajstić information content (AvgIpc) is 2.73. The van der Waals surface area contributed by atoms with Crippen LogP contribution in [0.2, 0.25) is 0 Å². The van der Waals surface area contributed by atoms with Gasteiger partial charge in [0.25, 0.3) is 17.4 Å². The smallest absolute Gasteiger partial charge is 0.278 e. The van der Waals surface area contributed by atoms with E-state index in [2.05, 4.69) is 9.97 Å². The van der Waals surface area contributed by atoms with Gasteiger partial charge in [0.2, 0.25) is 5.91 Å². The van der Waals surface area contributed by atoms with E-state index < -0.39 is 4.92 Å². The Balaban J connectivity index is 1.60. The Morgan fingerprint density at radius 2 is 1.96 bits per heavy atom. The molecule has 1 unspecified atom stereocenters. The SMILES string of the molecule is COc1nccnc1OC1CCCN(C(=O)/C=C/c2ccc([N+](=O)[O-])cc2)C1. The van der Waals surface area contributed by atoms with Gasteiger partial charge in [0.15, 0.2) is 0 Å². The van der Waals surface area contributed by atoms with Crippen molar-refractivity contribution in [2.75, 3.05) is 20.2 Å². The molecule has 1 aromatic heterocycles. The summed E-state index contributed by atoms with van der Waals surface area (Å²) < 4.78 is 11.0. The third-order valence-electron chi connectivity index (χ3n) is 4.32. The second kappa shape index (κ2) is 8.94. The van der Waals surface area contributed by atoms with Crippen molar-refractivity contribution in [2.24, 2.45) is 0 Å². The number of carbonyl (C=O) groups is 1. The van der Waals surface area contributed by atoms with E-state index in [1.165, 1.54) is 37.7 Å². The second-order valence-electron chi connectivity index (χ2n) is 6.22. The van der Waals surface area contributed by atoms with Crippen molar-refractivity contribution in [2.45, 2.75) is 18.9 Å². The standard InChI is InChI=1S/C19H20N4O5/c1-27-18-19(21-11-10-20-18)28-16-3-2-12-22(13-16)17(24)9-6-14-4-7-15(8-5-14)23(25)26/h4-11,16H,2-3,12-13H2,1H3/b9-6+. The quantitative estimate of drug-likeness (QED) is 0.428. The van der Waals surface area contributed by atoms with Gasteiger partial charge in [0, 0.05) is 37.1 Å². The number of rotatable bonds is 6. The molecule has 2 heterocycles. The van der Waals surface area contributed by atoms with Gasteiger partial charge in [0.05, 0.1) is 18.6 Å². The number of benzene rings is 1. The minimum Gasteiger partial charge on any atom is -0.477 e. The molecule has 1 saturated heterocycles. The number of carbonyl (C=O) groups excluding carboxylic acids is 1. The van der Waals surface area contributed by atoms with Gasteiger partial charge in [-0.05, 0) is 36.6 Å². The van der Waals surface area contributed by atoms with Crippen molar-refractivity contribution < 1.29 is 19.2 Å². The summed E-state index contributed by atoms with van der Waals surface area (Å²) in [6.45, 7) is 1.07. The van der Waals surface area contributed by atoms with Crippen LogP contribution in [-0.2, 0) is 4.79 Å². The van der Waals surface area contributed by atoms with Gasteiger partial charge in [-0.1, -0.05) is 0 Å². The number of piperidine rings is 1. The number of likely N-dealkylation sites (tertiary alicyclic amines) is 1. The summed E-state index contributed by atoms with van der Waals surface area (Å²) >= 11 is 0. The molecule has 0 spiro atoms. The largest absolute Gasteiger partial charge is 0.477 e. The van der Waals surface area contributed by atoms with E-state index in [0.717, 1.165) is 12.8 Å². The van der Waals surface area contributed by atoms with Gasteiger partial charge < -0.3 is 14.4 Å². The van der Waals surface area contributed by atoms with E-state index in [4.69, 9.17) is 9.47 Å². The molecule has 0 bridgehead atoms. The van der Waals surface area contributed by atoms with Crippen molar-refractivity contribution >= 4 is 17.7 Å². The summed E-state index contributed by atoms with van der Waals surface area (Å²) in [6.07, 6.45) is 7.56. The number of nitrogens with zero attached hydrogens (tertiary/aromatic N) is 4. The first kappa shape index (κ1) is 19.3. The number of nitro groups is 1. The van der Waals surface area contributed by atoms with Crippen LogP contribution in [0.3, 0.4) is 0 Å². The number of aromatic nitrogens is 2. The summed E-state index contributed by atoms with van der Waals surface area (Å²) in [5.74, 6) is 0.479. The monoisotopic (exact) mass is 384 g/mol. The molecule has 9 nitrogen and oxygen atoms in total. The van der Waals surface area contributed by atoms with Gasteiger partial charge in [-0.25, -0.2) is 9.97 Å². The maximum Gasteiger partial charge on any atom is 0.278 e. The fourth-order valence-corrected chi connectivity index (χ4v) is 2.91. The highest BCUT2D eigenvalue weighted by molar-refractivity contribution is 5.91. The molecule has 2 aromatic rings. The molecule has 0 radical (unpaired) electrons. The molecule has 1 aliphatic heterocycles. The van der Waals surface area contributed by atoms with E-state index in [1.54, 1.807) is 23.1 Å². The molecule has 146 valence electrons. The maximum atomic E-state index is 12.5. The van der Waals surface area contributed by atoms with E-state index in [1.807, 2.05) is 0 Å². The summed E-state index contributed by atoms with van der Waals surface area (Å²) in [5, 5.41) is 10.7. The maximum absolute atomic E-state index is 12.5. The summed E-state index contributed by atoms with van der Waals surface area (Å²) in [5.41, 5.74) is 0.729. The van der Waals surface area contributed by atoms with Crippen molar-refractivity contribution in [3.8, 4) is 11.8 Å². The Labute approximate surface area is 161 Å². The minimum atomic E-state index is -0.460. The molecule has 1 fully saturated rings. The molecule has 28 heavy (non-hydrogen) atoms. The van der Waals surface area contributed by atoms with Crippen LogP contribution >= 0.6 is 0 Å². The zero-order chi connectivity index (χ0) is 19.9. The molecule has 1 aliphatic rings. The van der Waals surface area contributed by atoms with Crippen molar-refractivity contribution in [3.63, 3.8) is 0 Å². The molecular formula is C19H20N4O5. The Morgan fingerprint density at radius 3 is 2.64 bits per heavy atom. The van der Waals surface area contributed by atoms with Crippen LogP contribution in [0.1, 0.15) is 18.4 Å². The normalized spacial score (nSPS) is 16.8. The van der Waals surface area contributed by atoms with Gasteiger partial charge >= 0.3 is 0 Å². The summed E-state index contributed by atoms with van der Waals surface area (Å²) in [6, 6.07) is 6.02.